The number of ether oxygens (including phenoxy) is 4. The fourth-order valence-electron chi connectivity index (χ4n) is 3.08. The molecule has 3 rings (SSSR count). The molecular formula is C23H27NO6. The van der Waals surface area contributed by atoms with Crippen LogP contribution in [0.15, 0.2) is 54.6 Å². The molecule has 1 amide bonds. The summed E-state index contributed by atoms with van der Waals surface area (Å²) in [5.74, 6) is 0.317. The van der Waals surface area contributed by atoms with Crippen molar-refractivity contribution >= 4 is 12.1 Å². The Labute approximate surface area is 176 Å². The minimum absolute atomic E-state index is 0.109. The molecule has 1 heterocycles. The van der Waals surface area contributed by atoms with E-state index in [1.165, 1.54) is 0 Å². The van der Waals surface area contributed by atoms with E-state index in [1.54, 1.807) is 36.1 Å². The summed E-state index contributed by atoms with van der Waals surface area (Å²) in [5.41, 5.74) is 1.45. The number of esters is 1. The molecule has 7 nitrogen and oxygen atoms in total. The minimum atomic E-state index is -0.348. The molecule has 30 heavy (non-hydrogen) atoms. The van der Waals surface area contributed by atoms with E-state index < -0.39 is 0 Å². The summed E-state index contributed by atoms with van der Waals surface area (Å²) in [6.45, 7) is 4.27. The van der Waals surface area contributed by atoms with Gasteiger partial charge in [-0.15, -0.1) is 0 Å². The maximum absolute atomic E-state index is 12.3. The summed E-state index contributed by atoms with van der Waals surface area (Å²) in [7, 11) is 0. The van der Waals surface area contributed by atoms with Gasteiger partial charge in [-0.05, 0) is 36.8 Å². The lowest BCUT2D eigenvalue weighted by molar-refractivity contribution is -0.0357. The Morgan fingerprint density at radius 1 is 1.07 bits per heavy atom. The topological polar surface area (TPSA) is 74.3 Å². The van der Waals surface area contributed by atoms with Gasteiger partial charge in [0, 0.05) is 13.0 Å². The van der Waals surface area contributed by atoms with E-state index >= 15 is 0 Å². The SMILES string of the molecule is CCOC(=O)c1ccc(OCCC2CN(C(=O)OCc3ccccc3)CCO2)cc1. The number of carbonyl (C=O) groups excluding carboxylic acids is 2. The highest BCUT2D eigenvalue weighted by molar-refractivity contribution is 5.89. The van der Waals surface area contributed by atoms with Gasteiger partial charge in [0.1, 0.15) is 12.4 Å². The van der Waals surface area contributed by atoms with Crippen LogP contribution in [0.3, 0.4) is 0 Å². The Balaban J connectivity index is 1.39. The van der Waals surface area contributed by atoms with Crippen molar-refractivity contribution in [1.82, 2.24) is 4.90 Å². The molecule has 1 unspecified atom stereocenters. The first-order chi connectivity index (χ1) is 14.7. The average molecular weight is 413 g/mol. The molecule has 0 bridgehead atoms. The number of rotatable bonds is 8. The third-order valence-corrected chi connectivity index (χ3v) is 4.68. The highest BCUT2D eigenvalue weighted by Crippen LogP contribution is 2.15. The normalized spacial score (nSPS) is 16.0. The molecule has 0 N–H and O–H groups in total. The first-order valence-electron chi connectivity index (χ1n) is 10.1. The zero-order valence-electron chi connectivity index (χ0n) is 17.1. The monoisotopic (exact) mass is 413 g/mol. The smallest absolute Gasteiger partial charge is 0.410 e. The number of morpholine rings is 1. The zero-order chi connectivity index (χ0) is 21.2. The fraction of sp³-hybridized carbons (Fsp3) is 0.391. The van der Waals surface area contributed by atoms with Gasteiger partial charge in [0.15, 0.2) is 0 Å². The van der Waals surface area contributed by atoms with Crippen LogP contribution >= 0.6 is 0 Å². The van der Waals surface area contributed by atoms with Crippen molar-refractivity contribution in [3.8, 4) is 5.75 Å². The molecule has 2 aromatic carbocycles. The van der Waals surface area contributed by atoms with Crippen LogP contribution in [0.4, 0.5) is 4.79 Å². The van der Waals surface area contributed by atoms with E-state index in [1.807, 2.05) is 30.3 Å². The predicted molar refractivity (Wildman–Crippen MR) is 110 cm³/mol. The van der Waals surface area contributed by atoms with Crippen LogP contribution < -0.4 is 4.74 Å². The Hall–Kier alpha value is -3.06. The second-order valence-electron chi connectivity index (χ2n) is 6.86. The molecule has 1 atom stereocenters. The maximum atomic E-state index is 12.3. The van der Waals surface area contributed by atoms with Crippen LogP contribution in [0.1, 0.15) is 29.3 Å². The van der Waals surface area contributed by atoms with Crippen molar-refractivity contribution in [3.05, 3.63) is 65.7 Å². The van der Waals surface area contributed by atoms with Crippen LogP contribution in [0.2, 0.25) is 0 Å². The number of hydrogen-bond donors (Lipinski definition) is 0. The first-order valence-corrected chi connectivity index (χ1v) is 10.1. The van der Waals surface area contributed by atoms with E-state index in [2.05, 4.69) is 0 Å². The lowest BCUT2D eigenvalue weighted by Crippen LogP contribution is -2.46. The Kier molecular flexibility index (Phi) is 8.09. The van der Waals surface area contributed by atoms with Crippen LogP contribution in [-0.2, 0) is 20.8 Å². The highest BCUT2D eigenvalue weighted by atomic mass is 16.6. The summed E-state index contributed by atoms with van der Waals surface area (Å²) in [5, 5.41) is 0. The molecule has 1 fully saturated rings. The lowest BCUT2D eigenvalue weighted by Gasteiger charge is -2.32. The van der Waals surface area contributed by atoms with Crippen molar-refractivity contribution < 1.29 is 28.5 Å². The summed E-state index contributed by atoms with van der Waals surface area (Å²) < 4.78 is 21.8. The zero-order valence-corrected chi connectivity index (χ0v) is 17.1. The van der Waals surface area contributed by atoms with Crippen LogP contribution in [0, 0.1) is 0 Å². The number of hydrogen-bond acceptors (Lipinski definition) is 6. The molecule has 160 valence electrons. The van der Waals surface area contributed by atoms with E-state index in [9.17, 15) is 9.59 Å². The Morgan fingerprint density at radius 3 is 2.57 bits per heavy atom. The number of amides is 1. The van der Waals surface area contributed by atoms with Crippen LogP contribution in [0.25, 0.3) is 0 Å². The van der Waals surface area contributed by atoms with E-state index in [4.69, 9.17) is 18.9 Å². The van der Waals surface area contributed by atoms with Crippen LogP contribution in [-0.4, -0.2) is 56.0 Å². The highest BCUT2D eigenvalue weighted by Gasteiger charge is 2.25. The van der Waals surface area contributed by atoms with Gasteiger partial charge in [-0.3, -0.25) is 0 Å². The van der Waals surface area contributed by atoms with Gasteiger partial charge in [0.25, 0.3) is 0 Å². The Bertz CT molecular complexity index is 808. The summed E-state index contributed by atoms with van der Waals surface area (Å²) in [4.78, 5) is 25.7. The van der Waals surface area contributed by atoms with Gasteiger partial charge in [-0.1, -0.05) is 30.3 Å². The molecule has 7 heteroatoms. The van der Waals surface area contributed by atoms with Crippen LogP contribution in [0.5, 0.6) is 5.75 Å². The largest absolute Gasteiger partial charge is 0.493 e. The van der Waals surface area contributed by atoms with Crippen molar-refractivity contribution in [1.29, 1.82) is 0 Å². The lowest BCUT2D eigenvalue weighted by atomic mass is 10.2. The summed E-state index contributed by atoms with van der Waals surface area (Å²) in [6, 6.07) is 16.4. The molecule has 1 aliphatic rings. The second-order valence-corrected chi connectivity index (χ2v) is 6.86. The predicted octanol–water partition coefficient (Wildman–Crippen LogP) is 3.67. The summed E-state index contributed by atoms with van der Waals surface area (Å²) in [6.07, 6.45) is 0.201. The third kappa shape index (κ3) is 6.49. The first kappa shape index (κ1) is 21.6. The molecule has 2 aromatic rings. The molecule has 0 radical (unpaired) electrons. The van der Waals surface area contributed by atoms with Gasteiger partial charge in [0.2, 0.25) is 0 Å². The van der Waals surface area contributed by atoms with Gasteiger partial charge < -0.3 is 23.8 Å². The quantitative estimate of drug-likeness (QED) is 0.615. The number of carbonyl (C=O) groups is 2. The molecular weight excluding hydrogens is 386 g/mol. The molecule has 0 aliphatic carbocycles. The van der Waals surface area contributed by atoms with Gasteiger partial charge >= 0.3 is 12.1 Å². The standard InChI is InChI=1S/C23H27NO6/c1-2-27-22(25)19-8-10-20(11-9-19)28-14-12-21-16-24(13-15-29-21)23(26)30-17-18-6-4-3-5-7-18/h3-11,21H,2,12-17H2,1H3. The number of nitrogens with zero attached hydrogens (tertiary/aromatic N) is 1. The van der Waals surface area contributed by atoms with Gasteiger partial charge in [-0.25, -0.2) is 9.59 Å². The molecule has 0 saturated carbocycles. The number of benzene rings is 2. The Morgan fingerprint density at radius 2 is 1.83 bits per heavy atom. The molecule has 1 saturated heterocycles. The van der Waals surface area contributed by atoms with Gasteiger partial charge in [0.05, 0.1) is 38.0 Å². The minimum Gasteiger partial charge on any atom is -0.493 e. The molecule has 0 aromatic heterocycles. The van der Waals surface area contributed by atoms with E-state index in [0.717, 1.165) is 5.56 Å². The fourth-order valence-corrected chi connectivity index (χ4v) is 3.08. The third-order valence-electron chi connectivity index (χ3n) is 4.68. The van der Waals surface area contributed by atoms with E-state index in [-0.39, 0.29) is 24.8 Å². The van der Waals surface area contributed by atoms with Crippen molar-refractivity contribution in [3.63, 3.8) is 0 Å². The van der Waals surface area contributed by atoms with Gasteiger partial charge in [-0.2, -0.15) is 0 Å². The van der Waals surface area contributed by atoms with Crippen molar-refractivity contribution in [2.24, 2.45) is 0 Å². The van der Waals surface area contributed by atoms with E-state index in [0.29, 0.717) is 50.6 Å². The molecule has 1 aliphatic heterocycles. The second kappa shape index (κ2) is 11.2. The van der Waals surface area contributed by atoms with Crippen molar-refractivity contribution in [2.45, 2.75) is 26.1 Å². The summed E-state index contributed by atoms with van der Waals surface area (Å²) >= 11 is 0. The van der Waals surface area contributed by atoms with Crippen molar-refractivity contribution in [2.75, 3.05) is 32.9 Å². The maximum Gasteiger partial charge on any atom is 0.410 e. The molecule has 0 spiro atoms. The average Bonchev–Trinajstić information content (AvgIpc) is 2.79.